The first kappa shape index (κ1) is 16.6. The number of nitrogens with zero attached hydrogens (tertiary/aromatic N) is 1. The molecule has 22 heavy (non-hydrogen) atoms. The third kappa shape index (κ3) is 3.51. The summed E-state index contributed by atoms with van der Waals surface area (Å²) in [6, 6.07) is 8.89. The molecule has 0 unspecified atom stereocenters. The number of ether oxygens (including phenoxy) is 1. The van der Waals surface area contributed by atoms with Crippen LogP contribution in [-0.2, 0) is 16.6 Å². The van der Waals surface area contributed by atoms with Crippen LogP contribution in [0, 0.1) is 20.8 Å². The molecule has 0 aliphatic heterocycles. The van der Waals surface area contributed by atoms with Crippen molar-refractivity contribution in [2.45, 2.75) is 32.2 Å². The maximum atomic E-state index is 12.3. The second-order valence-corrected chi connectivity index (χ2v) is 7.06. The summed E-state index contributed by atoms with van der Waals surface area (Å²) in [4.78, 5) is 0.256. The van der Waals surface area contributed by atoms with Crippen molar-refractivity contribution in [2.24, 2.45) is 0 Å². The SMILES string of the molecule is COc1ccc(S(=O)(=O)NCCn2c(C)ccc2C)cc1C. The van der Waals surface area contributed by atoms with E-state index in [1.165, 1.54) is 0 Å². The van der Waals surface area contributed by atoms with E-state index in [1.54, 1.807) is 25.3 Å². The largest absolute Gasteiger partial charge is 0.496 e. The molecule has 2 aromatic rings. The molecule has 6 heteroatoms. The van der Waals surface area contributed by atoms with Crippen molar-refractivity contribution in [2.75, 3.05) is 13.7 Å². The molecule has 0 amide bonds. The van der Waals surface area contributed by atoms with Gasteiger partial charge in [0.1, 0.15) is 5.75 Å². The van der Waals surface area contributed by atoms with E-state index >= 15 is 0 Å². The molecule has 0 spiro atoms. The Balaban J connectivity index is 2.07. The van der Waals surface area contributed by atoms with Crippen LogP contribution in [0.2, 0.25) is 0 Å². The van der Waals surface area contributed by atoms with Crippen molar-refractivity contribution in [3.63, 3.8) is 0 Å². The molecule has 0 saturated carbocycles. The molecule has 1 aromatic heterocycles. The highest BCUT2D eigenvalue weighted by molar-refractivity contribution is 7.89. The molecule has 0 radical (unpaired) electrons. The zero-order chi connectivity index (χ0) is 16.3. The molecule has 0 fully saturated rings. The Labute approximate surface area is 132 Å². The fraction of sp³-hybridized carbons (Fsp3) is 0.375. The molecule has 1 heterocycles. The van der Waals surface area contributed by atoms with Gasteiger partial charge in [-0.2, -0.15) is 0 Å². The van der Waals surface area contributed by atoms with E-state index in [0.29, 0.717) is 18.8 Å². The zero-order valence-electron chi connectivity index (χ0n) is 13.4. The van der Waals surface area contributed by atoms with Crippen LogP contribution in [0.3, 0.4) is 0 Å². The number of aromatic nitrogens is 1. The van der Waals surface area contributed by atoms with E-state index in [9.17, 15) is 8.42 Å². The number of hydrogen-bond donors (Lipinski definition) is 1. The molecule has 0 atom stereocenters. The van der Waals surface area contributed by atoms with Crippen molar-refractivity contribution < 1.29 is 13.2 Å². The van der Waals surface area contributed by atoms with Gasteiger partial charge in [0.15, 0.2) is 0 Å². The van der Waals surface area contributed by atoms with Gasteiger partial charge < -0.3 is 9.30 Å². The molecule has 1 aromatic carbocycles. The van der Waals surface area contributed by atoms with E-state index in [-0.39, 0.29) is 4.90 Å². The van der Waals surface area contributed by atoms with E-state index < -0.39 is 10.0 Å². The molecule has 0 saturated heterocycles. The molecule has 2 rings (SSSR count). The van der Waals surface area contributed by atoms with E-state index in [1.807, 2.05) is 32.9 Å². The number of sulfonamides is 1. The Morgan fingerprint density at radius 2 is 1.73 bits per heavy atom. The number of nitrogens with one attached hydrogen (secondary N) is 1. The lowest BCUT2D eigenvalue weighted by Crippen LogP contribution is -2.28. The average molecular weight is 322 g/mol. The second-order valence-electron chi connectivity index (χ2n) is 5.30. The van der Waals surface area contributed by atoms with Gasteiger partial charge >= 0.3 is 0 Å². The minimum absolute atomic E-state index is 0.256. The van der Waals surface area contributed by atoms with Crippen molar-refractivity contribution in [1.29, 1.82) is 0 Å². The van der Waals surface area contributed by atoms with Gasteiger partial charge in [0, 0.05) is 24.5 Å². The number of aryl methyl sites for hydroxylation is 3. The molecule has 0 aliphatic rings. The standard InChI is InChI=1S/C16H22N2O3S/c1-12-11-15(7-8-16(12)21-4)22(19,20)17-9-10-18-13(2)5-6-14(18)3/h5-8,11,17H,9-10H2,1-4H3. The van der Waals surface area contributed by atoms with Gasteiger partial charge in [0.05, 0.1) is 12.0 Å². The third-order valence-electron chi connectivity index (χ3n) is 3.72. The van der Waals surface area contributed by atoms with Gasteiger partial charge in [-0.05, 0) is 56.7 Å². The first-order chi connectivity index (χ1) is 10.3. The van der Waals surface area contributed by atoms with Crippen LogP contribution >= 0.6 is 0 Å². The monoisotopic (exact) mass is 322 g/mol. The Kier molecular flexibility index (Phi) is 4.93. The quantitative estimate of drug-likeness (QED) is 0.888. The molecule has 1 N–H and O–H groups in total. The van der Waals surface area contributed by atoms with Crippen molar-refractivity contribution in [1.82, 2.24) is 9.29 Å². The summed E-state index contributed by atoms with van der Waals surface area (Å²) >= 11 is 0. The van der Waals surface area contributed by atoms with Crippen LogP contribution in [0.15, 0.2) is 35.2 Å². The Morgan fingerprint density at radius 3 is 2.27 bits per heavy atom. The van der Waals surface area contributed by atoms with Gasteiger partial charge in [0.25, 0.3) is 0 Å². The van der Waals surface area contributed by atoms with E-state index in [2.05, 4.69) is 9.29 Å². The first-order valence-corrected chi connectivity index (χ1v) is 8.60. The summed E-state index contributed by atoms with van der Waals surface area (Å²) < 4.78 is 34.5. The molecule has 0 bridgehead atoms. The zero-order valence-corrected chi connectivity index (χ0v) is 14.2. The third-order valence-corrected chi connectivity index (χ3v) is 5.18. The summed E-state index contributed by atoms with van der Waals surface area (Å²) in [6.45, 7) is 6.80. The fourth-order valence-electron chi connectivity index (χ4n) is 2.45. The normalized spacial score (nSPS) is 11.6. The molecule has 120 valence electrons. The van der Waals surface area contributed by atoms with Crippen LogP contribution in [-0.4, -0.2) is 26.6 Å². The minimum Gasteiger partial charge on any atom is -0.496 e. The predicted molar refractivity (Wildman–Crippen MR) is 86.8 cm³/mol. The summed E-state index contributed by atoms with van der Waals surface area (Å²) in [5.41, 5.74) is 3.04. The molecular formula is C16H22N2O3S. The van der Waals surface area contributed by atoms with Gasteiger partial charge in [-0.25, -0.2) is 13.1 Å². The molecule has 5 nitrogen and oxygen atoms in total. The van der Waals surface area contributed by atoms with Crippen molar-refractivity contribution in [3.05, 3.63) is 47.3 Å². The van der Waals surface area contributed by atoms with Crippen LogP contribution in [0.5, 0.6) is 5.75 Å². The summed E-state index contributed by atoms with van der Waals surface area (Å²) in [6.07, 6.45) is 0. The minimum atomic E-state index is -3.51. The number of benzene rings is 1. The Morgan fingerprint density at radius 1 is 1.09 bits per heavy atom. The average Bonchev–Trinajstić information content (AvgIpc) is 2.78. The highest BCUT2D eigenvalue weighted by Gasteiger charge is 2.15. The Bertz CT molecular complexity index is 744. The van der Waals surface area contributed by atoms with Crippen LogP contribution in [0.25, 0.3) is 0 Å². The highest BCUT2D eigenvalue weighted by atomic mass is 32.2. The Hall–Kier alpha value is -1.79. The van der Waals surface area contributed by atoms with Gasteiger partial charge in [0.2, 0.25) is 10.0 Å². The molecule has 0 aliphatic carbocycles. The van der Waals surface area contributed by atoms with Crippen LogP contribution < -0.4 is 9.46 Å². The smallest absolute Gasteiger partial charge is 0.240 e. The lowest BCUT2D eigenvalue weighted by molar-refractivity contribution is 0.411. The second kappa shape index (κ2) is 6.54. The highest BCUT2D eigenvalue weighted by Crippen LogP contribution is 2.21. The van der Waals surface area contributed by atoms with E-state index in [4.69, 9.17) is 4.74 Å². The fourth-order valence-corrected chi connectivity index (χ4v) is 3.55. The number of rotatable bonds is 6. The first-order valence-electron chi connectivity index (χ1n) is 7.12. The van der Waals surface area contributed by atoms with Gasteiger partial charge in [-0.3, -0.25) is 0 Å². The summed E-state index contributed by atoms with van der Waals surface area (Å²) in [5.74, 6) is 0.678. The van der Waals surface area contributed by atoms with Crippen molar-refractivity contribution in [3.8, 4) is 5.75 Å². The predicted octanol–water partition coefficient (Wildman–Crippen LogP) is 2.40. The lowest BCUT2D eigenvalue weighted by atomic mass is 10.2. The van der Waals surface area contributed by atoms with Gasteiger partial charge in [-0.1, -0.05) is 0 Å². The van der Waals surface area contributed by atoms with Gasteiger partial charge in [-0.15, -0.1) is 0 Å². The van der Waals surface area contributed by atoms with Crippen molar-refractivity contribution >= 4 is 10.0 Å². The van der Waals surface area contributed by atoms with E-state index in [0.717, 1.165) is 17.0 Å². The topological polar surface area (TPSA) is 60.3 Å². The van der Waals surface area contributed by atoms with Crippen LogP contribution in [0.1, 0.15) is 17.0 Å². The lowest BCUT2D eigenvalue weighted by Gasteiger charge is -2.12. The number of hydrogen-bond acceptors (Lipinski definition) is 3. The maximum Gasteiger partial charge on any atom is 0.240 e. The maximum absolute atomic E-state index is 12.3. The summed E-state index contributed by atoms with van der Waals surface area (Å²) in [5, 5.41) is 0. The van der Waals surface area contributed by atoms with Crippen LogP contribution in [0.4, 0.5) is 0 Å². The summed E-state index contributed by atoms with van der Waals surface area (Å²) in [7, 11) is -1.94. The number of methoxy groups -OCH3 is 1. The molecular weight excluding hydrogens is 300 g/mol.